The molecule has 1 saturated heterocycles. The molecule has 1 aliphatic heterocycles. The van der Waals surface area contributed by atoms with Gasteiger partial charge in [0.2, 0.25) is 5.95 Å². The maximum absolute atomic E-state index is 13.8. The Balaban J connectivity index is 1.60. The molecular formula is C22H22F2N4. The standard InChI is InChI=1S/C22H22F2N4/c23-17-8-6-15(7-9-17)10-12-28-11-2-5-20(28)21-19(14-26-22(25)27-21)16-3-1-4-18(24)13-16/h1,3-4,6-9,13-14,20H,2,5,10-12H2,(H2,25,26,27)/t20-/m1/s1. The number of aromatic nitrogens is 2. The summed E-state index contributed by atoms with van der Waals surface area (Å²) < 4.78 is 26.9. The predicted molar refractivity (Wildman–Crippen MR) is 105 cm³/mol. The van der Waals surface area contributed by atoms with Gasteiger partial charge in [-0.05, 0) is 61.2 Å². The van der Waals surface area contributed by atoms with Gasteiger partial charge in [-0.25, -0.2) is 18.7 Å². The highest BCUT2D eigenvalue weighted by Crippen LogP contribution is 2.36. The Bertz CT molecular complexity index is 959. The first-order valence-corrected chi connectivity index (χ1v) is 9.47. The van der Waals surface area contributed by atoms with E-state index in [0.29, 0.717) is 0 Å². The second-order valence-electron chi connectivity index (χ2n) is 7.11. The van der Waals surface area contributed by atoms with Crippen molar-refractivity contribution < 1.29 is 8.78 Å². The number of anilines is 1. The molecular weight excluding hydrogens is 358 g/mol. The van der Waals surface area contributed by atoms with Crippen LogP contribution in [0.3, 0.4) is 0 Å². The third-order valence-electron chi connectivity index (χ3n) is 5.25. The smallest absolute Gasteiger partial charge is 0.220 e. The molecule has 0 bridgehead atoms. The van der Waals surface area contributed by atoms with Crippen LogP contribution in [0.1, 0.15) is 30.1 Å². The van der Waals surface area contributed by atoms with Crippen LogP contribution in [0.15, 0.2) is 54.7 Å². The van der Waals surface area contributed by atoms with Crippen LogP contribution in [0, 0.1) is 11.6 Å². The van der Waals surface area contributed by atoms with E-state index < -0.39 is 0 Å². The zero-order valence-electron chi connectivity index (χ0n) is 15.5. The summed E-state index contributed by atoms with van der Waals surface area (Å²) in [6.07, 6.45) is 4.53. The summed E-state index contributed by atoms with van der Waals surface area (Å²) in [5, 5.41) is 0. The third kappa shape index (κ3) is 4.02. The van der Waals surface area contributed by atoms with E-state index in [1.807, 2.05) is 18.2 Å². The fraction of sp³-hybridized carbons (Fsp3) is 0.273. The van der Waals surface area contributed by atoms with Gasteiger partial charge in [0, 0.05) is 18.3 Å². The number of hydrogen-bond donors (Lipinski definition) is 1. The molecule has 0 aliphatic carbocycles. The van der Waals surface area contributed by atoms with Crippen molar-refractivity contribution in [3.63, 3.8) is 0 Å². The molecule has 4 rings (SSSR count). The first-order chi connectivity index (χ1) is 13.6. The minimum atomic E-state index is -0.292. The highest BCUT2D eigenvalue weighted by molar-refractivity contribution is 5.66. The molecule has 2 heterocycles. The average Bonchev–Trinajstić information content (AvgIpc) is 3.16. The number of halogens is 2. The lowest BCUT2D eigenvalue weighted by molar-refractivity contribution is 0.257. The van der Waals surface area contributed by atoms with E-state index in [2.05, 4.69) is 14.9 Å². The zero-order valence-corrected chi connectivity index (χ0v) is 15.5. The Morgan fingerprint density at radius 2 is 1.89 bits per heavy atom. The zero-order chi connectivity index (χ0) is 19.5. The van der Waals surface area contributed by atoms with Gasteiger partial charge in [0.15, 0.2) is 0 Å². The van der Waals surface area contributed by atoms with Gasteiger partial charge in [0.05, 0.1) is 11.7 Å². The summed E-state index contributed by atoms with van der Waals surface area (Å²) in [7, 11) is 0. The first kappa shape index (κ1) is 18.5. The fourth-order valence-corrected chi connectivity index (χ4v) is 3.87. The SMILES string of the molecule is Nc1ncc(-c2cccc(F)c2)c([C@H]2CCCN2CCc2ccc(F)cc2)n1. The molecule has 0 spiro atoms. The van der Waals surface area contributed by atoms with Gasteiger partial charge in [0.25, 0.3) is 0 Å². The molecule has 1 aliphatic rings. The summed E-state index contributed by atoms with van der Waals surface area (Å²) in [5.74, 6) is -0.292. The summed E-state index contributed by atoms with van der Waals surface area (Å²) in [6.45, 7) is 1.79. The van der Waals surface area contributed by atoms with Crippen LogP contribution in [-0.4, -0.2) is 28.0 Å². The number of nitrogens with zero attached hydrogens (tertiary/aromatic N) is 3. The molecule has 2 aromatic carbocycles. The van der Waals surface area contributed by atoms with E-state index in [-0.39, 0.29) is 23.6 Å². The molecule has 0 radical (unpaired) electrons. The van der Waals surface area contributed by atoms with E-state index in [1.165, 1.54) is 24.3 Å². The van der Waals surface area contributed by atoms with Gasteiger partial charge >= 0.3 is 0 Å². The number of rotatable bonds is 5. The van der Waals surface area contributed by atoms with Gasteiger partial charge < -0.3 is 5.73 Å². The molecule has 1 aromatic heterocycles. The van der Waals surface area contributed by atoms with Gasteiger partial charge in [0.1, 0.15) is 11.6 Å². The lowest BCUT2D eigenvalue weighted by Crippen LogP contribution is -2.27. The Kier molecular flexibility index (Phi) is 5.30. The Hall–Kier alpha value is -2.86. The summed E-state index contributed by atoms with van der Waals surface area (Å²) in [6, 6.07) is 13.2. The molecule has 3 aromatic rings. The fourth-order valence-electron chi connectivity index (χ4n) is 3.87. The van der Waals surface area contributed by atoms with E-state index in [1.54, 1.807) is 12.3 Å². The van der Waals surface area contributed by atoms with Crippen molar-refractivity contribution in [2.24, 2.45) is 0 Å². The van der Waals surface area contributed by atoms with Crippen molar-refractivity contribution in [2.45, 2.75) is 25.3 Å². The van der Waals surface area contributed by atoms with Crippen molar-refractivity contribution in [3.8, 4) is 11.1 Å². The van der Waals surface area contributed by atoms with E-state index in [4.69, 9.17) is 5.73 Å². The highest BCUT2D eigenvalue weighted by Gasteiger charge is 2.29. The number of benzene rings is 2. The summed E-state index contributed by atoms with van der Waals surface area (Å²) in [4.78, 5) is 11.0. The van der Waals surface area contributed by atoms with Crippen molar-refractivity contribution in [1.82, 2.24) is 14.9 Å². The average molecular weight is 380 g/mol. The Morgan fingerprint density at radius 1 is 1.07 bits per heavy atom. The molecule has 0 saturated carbocycles. The molecule has 4 nitrogen and oxygen atoms in total. The molecule has 0 unspecified atom stereocenters. The third-order valence-corrected chi connectivity index (χ3v) is 5.25. The van der Waals surface area contributed by atoms with Crippen molar-refractivity contribution >= 4 is 5.95 Å². The Labute approximate surface area is 163 Å². The van der Waals surface area contributed by atoms with Crippen LogP contribution in [0.25, 0.3) is 11.1 Å². The maximum atomic E-state index is 13.8. The van der Waals surface area contributed by atoms with Crippen molar-refractivity contribution in [1.29, 1.82) is 0 Å². The van der Waals surface area contributed by atoms with Gasteiger partial charge in [-0.2, -0.15) is 0 Å². The molecule has 1 atom stereocenters. The largest absolute Gasteiger partial charge is 0.368 e. The first-order valence-electron chi connectivity index (χ1n) is 9.47. The van der Waals surface area contributed by atoms with Gasteiger partial charge in [-0.3, -0.25) is 4.90 Å². The van der Waals surface area contributed by atoms with E-state index in [9.17, 15) is 8.78 Å². The molecule has 28 heavy (non-hydrogen) atoms. The van der Waals surface area contributed by atoms with E-state index in [0.717, 1.165) is 54.7 Å². The minimum absolute atomic E-state index is 0.101. The Morgan fingerprint density at radius 3 is 2.68 bits per heavy atom. The summed E-state index contributed by atoms with van der Waals surface area (Å²) >= 11 is 0. The molecule has 1 fully saturated rings. The van der Waals surface area contributed by atoms with Gasteiger partial charge in [-0.15, -0.1) is 0 Å². The number of nitrogens with two attached hydrogens (primary N) is 1. The van der Waals surface area contributed by atoms with Crippen LogP contribution in [0.2, 0.25) is 0 Å². The molecule has 2 N–H and O–H groups in total. The lowest BCUT2D eigenvalue weighted by Gasteiger charge is -2.26. The van der Waals surface area contributed by atoms with Crippen LogP contribution < -0.4 is 5.73 Å². The maximum Gasteiger partial charge on any atom is 0.220 e. The number of nitrogen functional groups attached to an aromatic ring is 1. The number of likely N-dealkylation sites (tertiary alicyclic amines) is 1. The molecule has 6 heteroatoms. The lowest BCUT2D eigenvalue weighted by atomic mass is 9.99. The quantitative estimate of drug-likeness (QED) is 0.714. The minimum Gasteiger partial charge on any atom is -0.368 e. The summed E-state index contributed by atoms with van der Waals surface area (Å²) in [5.41, 5.74) is 9.38. The molecule has 144 valence electrons. The van der Waals surface area contributed by atoms with Gasteiger partial charge in [-0.1, -0.05) is 24.3 Å². The van der Waals surface area contributed by atoms with Crippen LogP contribution in [0.5, 0.6) is 0 Å². The second kappa shape index (κ2) is 8.02. The second-order valence-corrected chi connectivity index (χ2v) is 7.11. The number of hydrogen-bond acceptors (Lipinski definition) is 4. The van der Waals surface area contributed by atoms with Crippen LogP contribution in [-0.2, 0) is 6.42 Å². The van der Waals surface area contributed by atoms with Crippen molar-refractivity contribution in [3.05, 3.63) is 77.6 Å². The molecule has 0 amide bonds. The van der Waals surface area contributed by atoms with Crippen molar-refractivity contribution in [2.75, 3.05) is 18.8 Å². The monoisotopic (exact) mass is 380 g/mol. The predicted octanol–water partition coefficient (Wildman–Crippen LogP) is 4.38. The normalized spacial score (nSPS) is 17.1. The van der Waals surface area contributed by atoms with Crippen LogP contribution in [0.4, 0.5) is 14.7 Å². The van der Waals surface area contributed by atoms with E-state index >= 15 is 0 Å². The topological polar surface area (TPSA) is 55.0 Å². The van der Waals surface area contributed by atoms with Crippen LogP contribution >= 0.6 is 0 Å². The highest BCUT2D eigenvalue weighted by atomic mass is 19.1.